The van der Waals surface area contributed by atoms with Crippen molar-refractivity contribution < 1.29 is 9.18 Å². The van der Waals surface area contributed by atoms with Gasteiger partial charge in [0.15, 0.2) is 5.82 Å². The number of amides is 1. The third-order valence-electron chi connectivity index (χ3n) is 4.59. The number of rotatable bonds is 4. The molecule has 0 aliphatic carbocycles. The zero-order valence-electron chi connectivity index (χ0n) is 14.5. The smallest absolute Gasteiger partial charge is 0.251 e. The van der Waals surface area contributed by atoms with Crippen LogP contribution in [0, 0.1) is 5.82 Å². The van der Waals surface area contributed by atoms with Gasteiger partial charge in [-0.3, -0.25) is 9.78 Å². The summed E-state index contributed by atoms with van der Waals surface area (Å²) in [6.45, 7) is 1.43. The van der Waals surface area contributed by atoms with E-state index in [0.717, 1.165) is 18.8 Å². The summed E-state index contributed by atoms with van der Waals surface area (Å²) >= 11 is 0. The molecule has 0 saturated carbocycles. The molecule has 1 fully saturated rings. The minimum Gasteiger partial charge on any atom is -0.353 e. The molecule has 27 heavy (non-hydrogen) atoms. The molecule has 136 valence electrons. The van der Waals surface area contributed by atoms with E-state index < -0.39 is 0 Å². The monoisotopic (exact) mass is 363 g/mol. The molecule has 1 amide bonds. The van der Waals surface area contributed by atoms with E-state index in [9.17, 15) is 9.18 Å². The van der Waals surface area contributed by atoms with Gasteiger partial charge in [-0.25, -0.2) is 4.39 Å². The third kappa shape index (κ3) is 3.76. The summed E-state index contributed by atoms with van der Waals surface area (Å²) in [6, 6.07) is 13.5. The Morgan fingerprint density at radius 3 is 2.63 bits per heavy atom. The minimum absolute atomic E-state index is 0.0405. The molecule has 6 nitrogen and oxygen atoms in total. The maximum atomic E-state index is 13.9. The molecule has 0 radical (unpaired) electrons. The fourth-order valence-corrected chi connectivity index (χ4v) is 3.16. The maximum absolute atomic E-state index is 13.9. The first-order chi connectivity index (χ1) is 13.2. The van der Waals surface area contributed by atoms with Crippen LogP contribution >= 0.6 is 0 Å². The normalized spacial score (nSPS) is 16.3. The molecule has 2 aromatic heterocycles. The molecule has 1 aliphatic rings. The molecular formula is C20H18FN5O. The lowest BCUT2D eigenvalue weighted by Gasteiger charge is -2.17. The van der Waals surface area contributed by atoms with E-state index >= 15 is 0 Å². The molecule has 0 bridgehead atoms. The van der Waals surface area contributed by atoms with E-state index in [4.69, 9.17) is 0 Å². The van der Waals surface area contributed by atoms with Crippen LogP contribution < -0.4 is 10.2 Å². The molecule has 4 rings (SSSR count). The molecule has 0 unspecified atom stereocenters. The number of carbonyl (C=O) groups excluding carboxylic acids is 1. The quantitative estimate of drug-likeness (QED) is 0.772. The van der Waals surface area contributed by atoms with Gasteiger partial charge in [-0.2, -0.15) is 0 Å². The van der Waals surface area contributed by atoms with Crippen LogP contribution in [0.3, 0.4) is 0 Å². The van der Waals surface area contributed by atoms with Crippen molar-refractivity contribution in [1.82, 2.24) is 20.5 Å². The van der Waals surface area contributed by atoms with Crippen molar-refractivity contribution in [3.05, 3.63) is 72.3 Å². The highest BCUT2D eigenvalue weighted by Crippen LogP contribution is 2.23. The van der Waals surface area contributed by atoms with Crippen molar-refractivity contribution in [1.29, 1.82) is 0 Å². The van der Waals surface area contributed by atoms with Gasteiger partial charge in [0.1, 0.15) is 5.82 Å². The summed E-state index contributed by atoms with van der Waals surface area (Å²) in [5.41, 5.74) is 1.52. The summed E-state index contributed by atoms with van der Waals surface area (Å²) < 4.78 is 13.9. The molecule has 1 saturated heterocycles. The zero-order chi connectivity index (χ0) is 18.6. The first kappa shape index (κ1) is 17.1. The Morgan fingerprint density at radius 1 is 1.07 bits per heavy atom. The number of nitrogens with zero attached hydrogens (tertiary/aromatic N) is 4. The Hall–Kier alpha value is -3.35. The van der Waals surface area contributed by atoms with Gasteiger partial charge >= 0.3 is 0 Å². The lowest BCUT2D eigenvalue weighted by Crippen LogP contribution is -2.37. The van der Waals surface area contributed by atoms with Crippen LogP contribution in [0.25, 0.3) is 11.3 Å². The number of carbonyl (C=O) groups is 1. The fourth-order valence-electron chi connectivity index (χ4n) is 3.16. The van der Waals surface area contributed by atoms with Crippen molar-refractivity contribution in [2.24, 2.45) is 0 Å². The number of halogens is 1. The first-order valence-corrected chi connectivity index (χ1v) is 8.75. The second-order valence-corrected chi connectivity index (χ2v) is 6.40. The average Bonchev–Trinajstić information content (AvgIpc) is 3.18. The molecule has 1 atom stereocenters. The van der Waals surface area contributed by atoms with Crippen molar-refractivity contribution in [2.45, 2.75) is 12.5 Å². The van der Waals surface area contributed by atoms with Crippen LogP contribution in [0.5, 0.6) is 0 Å². The van der Waals surface area contributed by atoms with Gasteiger partial charge in [-0.05, 0) is 42.8 Å². The molecule has 0 spiro atoms. The number of aromatic nitrogens is 3. The van der Waals surface area contributed by atoms with Gasteiger partial charge in [0.25, 0.3) is 5.91 Å². The summed E-state index contributed by atoms with van der Waals surface area (Å²) in [5.74, 6) is 0.292. The van der Waals surface area contributed by atoms with E-state index in [1.165, 1.54) is 6.07 Å². The Kier molecular flexibility index (Phi) is 4.74. The Labute approximate surface area is 156 Å². The highest BCUT2D eigenvalue weighted by atomic mass is 19.1. The van der Waals surface area contributed by atoms with Crippen LogP contribution in [-0.4, -0.2) is 40.2 Å². The summed E-state index contributed by atoms with van der Waals surface area (Å²) in [4.78, 5) is 18.2. The van der Waals surface area contributed by atoms with Crippen LogP contribution in [0.4, 0.5) is 10.2 Å². The first-order valence-electron chi connectivity index (χ1n) is 8.75. The zero-order valence-corrected chi connectivity index (χ0v) is 14.5. The maximum Gasteiger partial charge on any atom is 0.251 e. The lowest BCUT2D eigenvalue weighted by molar-refractivity contribution is 0.0940. The number of benzene rings is 1. The predicted octanol–water partition coefficient (Wildman–Crippen LogP) is 2.69. The SMILES string of the molecule is O=C(N[C@@H]1CCN(c2ccc(-c3ccccc3F)nn2)C1)c1ccncc1. The molecule has 1 aliphatic heterocycles. The van der Waals surface area contributed by atoms with Crippen molar-refractivity contribution in [3.63, 3.8) is 0 Å². The Morgan fingerprint density at radius 2 is 1.89 bits per heavy atom. The van der Waals surface area contributed by atoms with Gasteiger partial charge in [0.05, 0.1) is 5.69 Å². The highest BCUT2D eigenvalue weighted by Gasteiger charge is 2.25. The number of nitrogens with one attached hydrogen (secondary N) is 1. The summed E-state index contributed by atoms with van der Waals surface area (Å²) in [5, 5.41) is 11.4. The fraction of sp³-hybridized carbons (Fsp3) is 0.200. The second-order valence-electron chi connectivity index (χ2n) is 6.40. The third-order valence-corrected chi connectivity index (χ3v) is 4.59. The number of hydrogen-bond acceptors (Lipinski definition) is 5. The minimum atomic E-state index is -0.320. The van der Waals surface area contributed by atoms with Crippen molar-refractivity contribution >= 4 is 11.7 Å². The van der Waals surface area contributed by atoms with E-state index in [2.05, 4.69) is 25.4 Å². The Balaban J connectivity index is 1.40. The molecular weight excluding hydrogens is 345 g/mol. The molecule has 3 heterocycles. The van der Waals surface area contributed by atoms with Gasteiger partial charge in [-0.15, -0.1) is 10.2 Å². The van der Waals surface area contributed by atoms with Crippen LogP contribution in [0.2, 0.25) is 0 Å². The molecule has 3 aromatic rings. The number of anilines is 1. The number of pyridine rings is 1. The van der Waals surface area contributed by atoms with Crippen molar-refractivity contribution in [2.75, 3.05) is 18.0 Å². The topological polar surface area (TPSA) is 71.0 Å². The van der Waals surface area contributed by atoms with Gasteiger partial charge in [0, 0.05) is 42.7 Å². The highest BCUT2D eigenvalue weighted by molar-refractivity contribution is 5.94. The van der Waals surface area contributed by atoms with Crippen LogP contribution in [-0.2, 0) is 0 Å². The standard InChI is InChI=1S/C20H18FN5O/c21-17-4-2-1-3-16(17)18-5-6-19(25-24-18)26-12-9-15(13-26)23-20(27)14-7-10-22-11-8-14/h1-8,10-11,15H,9,12-13H2,(H,23,27)/t15-/m1/s1. The van der Waals surface area contributed by atoms with Gasteiger partial charge in [-0.1, -0.05) is 12.1 Å². The van der Waals surface area contributed by atoms with E-state index in [1.54, 1.807) is 48.8 Å². The predicted molar refractivity (Wildman–Crippen MR) is 99.7 cm³/mol. The molecule has 7 heteroatoms. The van der Waals surface area contributed by atoms with E-state index in [0.29, 0.717) is 23.4 Å². The molecule has 1 N–H and O–H groups in total. The molecule has 1 aromatic carbocycles. The van der Waals surface area contributed by atoms with E-state index in [-0.39, 0.29) is 17.8 Å². The summed E-state index contributed by atoms with van der Waals surface area (Å²) in [6.07, 6.45) is 4.03. The van der Waals surface area contributed by atoms with Gasteiger partial charge < -0.3 is 10.2 Å². The number of hydrogen-bond donors (Lipinski definition) is 1. The lowest BCUT2D eigenvalue weighted by atomic mass is 10.1. The van der Waals surface area contributed by atoms with E-state index in [1.807, 2.05) is 6.07 Å². The average molecular weight is 363 g/mol. The second kappa shape index (κ2) is 7.49. The Bertz CT molecular complexity index is 933. The summed E-state index contributed by atoms with van der Waals surface area (Å²) in [7, 11) is 0. The van der Waals surface area contributed by atoms with Crippen molar-refractivity contribution in [3.8, 4) is 11.3 Å². The van der Waals surface area contributed by atoms with Crippen LogP contribution in [0.15, 0.2) is 60.9 Å². The van der Waals surface area contributed by atoms with Crippen LogP contribution in [0.1, 0.15) is 16.8 Å². The van der Waals surface area contributed by atoms with Gasteiger partial charge in [0.2, 0.25) is 0 Å². The largest absolute Gasteiger partial charge is 0.353 e.